The minimum Gasteiger partial charge on any atom is -0.376 e. The van der Waals surface area contributed by atoms with Gasteiger partial charge in [0.1, 0.15) is 0 Å². The molecule has 5 nitrogen and oxygen atoms in total. The Morgan fingerprint density at radius 3 is 2.44 bits per heavy atom. The normalized spacial score (nSPS) is 19.6. The highest BCUT2D eigenvalue weighted by molar-refractivity contribution is 6.42. The van der Waals surface area contributed by atoms with Crippen LogP contribution in [0.4, 0.5) is 0 Å². The smallest absolute Gasteiger partial charge is 0.226 e. The van der Waals surface area contributed by atoms with Gasteiger partial charge in [-0.3, -0.25) is 10.1 Å². The van der Waals surface area contributed by atoms with Crippen LogP contribution >= 0.6 is 23.2 Å². The molecule has 0 aliphatic carbocycles. The molecule has 1 amide bonds. The van der Waals surface area contributed by atoms with Crippen molar-refractivity contribution in [2.75, 3.05) is 13.2 Å². The molecular weight excluding hydrogens is 493 g/mol. The molecule has 186 valence electrons. The first-order chi connectivity index (χ1) is 17.5. The van der Waals surface area contributed by atoms with Crippen LogP contribution in [0, 0.1) is 11.3 Å². The summed E-state index contributed by atoms with van der Waals surface area (Å²) in [4.78, 5) is 15.1. The number of carbonyl (C=O) groups excluding carboxylic acids is 1. The summed E-state index contributed by atoms with van der Waals surface area (Å²) in [6.45, 7) is 1.76. The van der Waals surface area contributed by atoms with Crippen LogP contribution in [-0.2, 0) is 28.1 Å². The van der Waals surface area contributed by atoms with Gasteiger partial charge in [-0.05, 0) is 35.2 Å². The number of piperidine rings is 1. The third kappa shape index (κ3) is 6.46. The maximum absolute atomic E-state index is 13.3. The molecule has 1 aliphatic heterocycles. The number of nitriles is 1. The van der Waals surface area contributed by atoms with E-state index in [2.05, 4.69) is 11.4 Å². The number of amides is 1. The molecule has 4 rings (SSSR count). The molecule has 36 heavy (non-hydrogen) atoms. The number of halogens is 2. The molecular formula is C29H29Cl2N3O2. The van der Waals surface area contributed by atoms with Crippen LogP contribution < -0.4 is 5.32 Å². The maximum Gasteiger partial charge on any atom is 0.226 e. The molecule has 1 heterocycles. The van der Waals surface area contributed by atoms with Crippen LogP contribution in [0.25, 0.3) is 0 Å². The fourth-order valence-electron chi connectivity index (χ4n) is 4.63. The monoisotopic (exact) mass is 521 g/mol. The van der Waals surface area contributed by atoms with Crippen molar-refractivity contribution in [2.45, 2.75) is 44.0 Å². The molecule has 3 aromatic carbocycles. The highest BCUT2D eigenvalue weighted by atomic mass is 35.5. The van der Waals surface area contributed by atoms with Crippen molar-refractivity contribution in [3.05, 3.63) is 106 Å². The Morgan fingerprint density at radius 1 is 1.03 bits per heavy atom. The van der Waals surface area contributed by atoms with E-state index < -0.39 is 5.41 Å². The first-order valence-corrected chi connectivity index (χ1v) is 12.8. The first kappa shape index (κ1) is 26.2. The standard InChI is InChI=1S/C29H29Cl2N3O2/c30-25-12-11-23(17-26(25)31)20-36-16-13-28(35)34-15-14-29(21-32,24-9-5-2-6-10-24)18-27(34)33-19-22-7-3-1-4-8-22/h1-12,17,27,33H,13-16,18-20H2. The lowest BCUT2D eigenvalue weighted by Crippen LogP contribution is -2.56. The molecule has 0 radical (unpaired) electrons. The highest BCUT2D eigenvalue weighted by Gasteiger charge is 2.42. The van der Waals surface area contributed by atoms with E-state index in [1.807, 2.05) is 71.6 Å². The predicted molar refractivity (Wildman–Crippen MR) is 142 cm³/mol. The Morgan fingerprint density at radius 2 is 1.75 bits per heavy atom. The molecule has 0 spiro atoms. The molecule has 1 fully saturated rings. The molecule has 3 aromatic rings. The second-order valence-corrected chi connectivity index (χ2v) is 9.85. The summed E-state index contributed by atoms with van der Waals surface area (Å²) in [7, 11) is 0. The van der Waals surface area contributed by atoms with Gasteiger partial charge >= 0.3 is 0 Å². The van der Waals surface area contributed by atoms with Gasteiger partial charge in [-0.2, -0.15) is 5.26 Å². The van der Waals surface area contributed by atoms with E-state index >= 15 is 0 Å². The molecule has 0 saturated carbocycles. The number of rotatable bonds is 9. The SMILES string of the molecule is N#CC1(c2ccccc2)CCN(C(=O)CCOCc2ccc(Cl)c(Cl)c2)C(NCc2ccccc2)C1. The zero-order valence-electron chi connectivity index (χ0n) is 20.0. The van der Waals surface area contributed by atoms with Gasteiger partial charge < -0.3 is 9.64 Å². The van der Waals surface area contributed by atoms with Gasteiger partial charge in [-0.15, -0.1) is 0 Å². The van der Waals surface area contributed by atoms with Crippen LogP contribution in [0.5, 0.6) is 0 Å². The summed E-state index contributed by atoms with van der Waals surface area (Å²) in [6.07, 6.45) is 1.11. The van der Waals surface area contributed by atoms with E-state index in [4.69, 9.17) is 27.9 Å². The second kappa shape index (κ2) is 12.4. The van der Waals surface area contributed by atoms with Crippen molar-refractivity contribution >= 4 is 29.1 Å². The lowest BCUT2D eigenvalue weighted by atomic mass is 9.72. The average Bonchev–Trinajstić information content (AvgIpc) is 2.92. The van der Waals surface area contributed by atoms with E-state index in [0.29, 0.717) is 49.2 Å². The second-order valence-electron chi connectivity index (χ2n) is 9.03. The van der Waals surface area contributed by atoms with Crippen LogP contribution in [0.1, 0.15) is 36.0 Å². The number of hydrogen-bond donors (Lipinski definition) is 1. The number of ether oxygens (including phenoxy) is 1. The van der Waals surface area contributed by atoms with Crippen molar-refractivity contribution in [3.63, 3.8) is 0 Å². The Balaban J connectivity index is 1.41. The molecule has 1 aliphatic rings. The molecule has 1 saturated heterocycles. The number of benzene rings is 3. The molecule has 0 aromatic heterocycles. The summed E-state index contributed by atoms with van der Waals surface area (Å²) in [5.74, 6) is 0.00861. The van der Waals surface area contributed by atoms with Gasteiger partial charge in [0.2, 0.25) is 5.91 Å². The van der Waals surface area contributed by atoms with Crippen LogP contribution in [-0.4, -0.2) is 30.1 Å². The Kier molecular flexibility index (Phi) is 9.01. The van der Waals surface area contributed by atoms with Gasteiger partial charge in [0.15, 0.2) is 0 Å². The fourth-order valence-corrected chi connectivity index (χ4v) is 4.95. The number of nitrogens with one attached hydrogen (secondary N) is 1. The lowest BCUT2D eigenvalue weighted by Gasteiger charge is -2.44. The number of likely N-dealkylation sites (tertiary alicyclic amines) is 1. The molecule has 2 atom stereocenters. The van der Waals surface area contributed by atoms with Crippen LogP contribution in [0.3, 0.4) is 0 Å². The quantitative estimate of drug-likeness (QED) is 0.345. The maximum atomic E-state index is 13.3. The van der Waals surface area contributed by atoms with Crippen LogP contribution in [0.15, 0.2) is 78.9 Å². The van der Waals surface area contributed by atoms with E-state index in [-0.39, 0.29) is 18.5 Å². The summed E-state index contributed by atoms with van der Waals surface area (Å²) < 4.78 is 5.75. The average molecular weight is 522 g/mol. The van der Waals surface area contributed by atoms with Crippen molar-refractivity contribution in [3.8, 4) is 6.07 Å². The molecule has 2 unspecified atom stereocenters. The Bertz CT molecular complexity index is 1200. The third-order valence-corrected chi connectivity index (χ3v) is 7.39. The van der Waals surface area contributed by atoms with Gasteiger partial charge in [-0.25, -0.2) is 0 Å². The number of carbonyl (C=O) groups is 1. The Labute approximate surface area is 222 Å². The van der Waals surface area contributed by atoms with Gasteiger partial charge in [0.25, 0.3) is 0 Å². The largest absolute Gasteiger partial charge is 0.376 e. The van der Waals surface area contributed by atoms with Crippen LogP contribution in [0.2, 0.25) is 10.0 Å². The van der Waals surface area contributed by atoms with Crippen molar-refractivity contribution in [2.24, 2.45) is 0 Å². The molecule has 1 N–H and O–H groups in total. The number of hydrogen-bond acceptors (Lipinski definition) is 4. The Hall–Kier alpha value is -2.88. The third-order valence-electron chi connectivity index (χ3n) is 6.66. The zero-order chi connectivity index (χ0) is 25.4. The summed E-state index contributed by atoms with van der Waals surface area (Å²) in [5, 5.41) is 14.7. The molecule has 7 heteroatoms. The van der Waals surface area contributed by atoms with E-state index in [1.165, 1.54) is 0 Å². The summed E-state index contributed by atoms with van der Waals surface area (Å²) >= 11 is 12.0. The van der Waals surface area contributed by atoms with E-state index in [9.17, 15) is 10.1 Å². The topological polar surface area (TPSA) is 65.4 Å². The predicted octanol–water partition coefficient (Wildman–Crippen LogP) is 6.10. The summed E-state index contributed by atoms with van der Waals surface area (Å²) in [5.41, 5.74) is 2.38. The van der Waals surface area contributed by atoms with Gasteiger partial charge in [-0.1, -0.05) is 89.9 Å². The first-order valence-electron chi connectivity index (χ1n) is 12.1. The minimum absolute atomic E-state index is 0.00861. The van der Waals surface area contributed by atoms with Gasteiger partial charge in [0.05, 0.1) is 47.3 Å². The van der Waals surface area contributed by atoms with Crippen molar-refractivity contribution < 1.29 is 9.53 Å². The number of nitrogens with zero attached hydrogens (tertiary/aromatic N) is 2. The van der Waals surface area contributed by atoms with E-state index in [1.54, 1.807) is 12.1 Å². The van der Waals surface area contributed by atoms with Gasteiger partial charge in [0, 0.05) is 19.5 Å². The highest BCUT2D eigenvalue weighted by Crippen LogP contribution is 2.37. The van der Waals surface area contributed by atoms with Crippen molar-refractivity contribution in [1.82, 2.24) is 10.2 Å². The minimum atomic E-state index is -0.642. The van der Waals surface area contributed by atoms with E-state index in [0.717, 1.165) is 16.7 Å². The molecule has 0 bridgehead atoms. The zero-order valence-corrected chi connectivity index (χ0v) is 21.5. The van der Waals surface area contributed by atoms with Crippen molar-refractivity contribution in [1.29, 1.82) is 5.26 Å². The lowest BCUT2D eigenvalue weighted by molar-refractivity contribution is -0.137. The fraction of sp³-hybridized carbons (Fsp3) is 0.310. The summed E-state index contributed by atoms with van der Waals surface area (Å²) in [6, 6.07) is 27.9.